The molecule has 2 N–H and O–H groups in total. The Morgan fingerprint density at radius 3 is 2.42 bits per heavy atom. The van der Waals surface area contributed by atoms with E-state index in [4.69, 9.17) is 4.74 Å². The highest BCUT2D eigenvalue weighted by Crippen LogP contribution is 2.32. The Morgan fingerprint density at radius 2 is 1.89 bits per heavy atom. The van der Waals surface area contributed by atoms with Crippen LogP contribution in [0, 0.1) is 0 Å². The van der Waals surface area contributed by atoms with Gasteiger partial charge in [0.05, 0.1) is 37.3 Å². The number of methoxy groups -OCH3 is 1. The topological polar surface area (TPSA) is 119 Å². The van der Waals surface area contributed by atoms with Gasteiger partial charge in [0.15, 0.2) is 5.65 Å². The van der Waals surface area contributed by atoms with Gasteiger partial charge >= 0.3 is 12.2 Å². The zero-order valence-electron chi connectivity index (χ0n) is 25.5. The smallest absolute Gasteiger partial charge is 0.381 e. The van der Waals surface area contributed by atoms with Crippen LogP contribution < -0.4 is 10.6 Å². The largest absolute Gasteiger partial charge is 0.410 e. The molecule has 0 radical (unpaired) electrons. The lowest BCUT2D eigenvalue weighted by atomic mass is 9.97. The molecule has 16 heteroatoms. The molecule has 2 saturated carbocycles. The summed E-state index contributed by atoms with van der Waals surface area (Å²) < 4.78 is 70.9. The molecule has 0 spiro atoms. The minimum atomic E-state index is -4.50. The van der Waals surface area contributed by atoms with Crippen molar-refractivity contribution in [2.24, 2.45) is 0 Å². The normalized spacial score (nSPS) is 19.4. The standard InChI is InChI=1S/C19H21F3N8O2.C6H10F2.C4H8O/c1-11(2)30-14(3-4-24-30)17(31)23-7-13-9-29-16(26-13)5-12(6-25-29)8-28-10-15(19(20,21)22)27-18(28)32;7-6(8)4-2-1-3-5-6;1-5-4-2-3-4/h3-6,9,11,15H,7-8,10H2,1-2H3,(H,23,31)(H,27,32);1-5H2;4H,2-3H2,1H3. The zero-order chi connectivity index (χ0) is 32.8. The predicted octanol–water partition coefficient (Wildman–Crippen LogP) is 5.27. The van der Waals surface area contributed by atoms with Gasteiger partial charge in [-0.3, -0.25) is 9.48 Å². The Kier molecular flexibility index (Phi) is 11.0. The van der Waals surface area contributed by atoms with E-state index in [1.807, 2.05) is 19.2 Å². The average molecular weight is 643 g/mol. The van der Waals surface area contributed by atoms with Gasteiger partial charge in [-0.1, -0.05) is 6.42 Å². The molecule has 1 atom stereocenters. The van der Waals surface area contributed by atoms with Crippen LogP contribution in [0.5, 0.6) is 0 Å². The highest BCUT2D eigenvalue weighted by atomic mass is 19.4. The maximum atomic E-state index is 12.8. The van der Waals surface area contributed by atoms with E-state index in [2.05, 4.69) is 20.5 Å². The first kappa shape index (κ1) is 34.1. The van der Waals surface area contributed by atoms with Crippen LogP contribution >= 0.6 is 0 Å². The number of amides is 3. The van der Waals surface area contributed by atoms with Crippen LogP contribution in [0.1, 0.15) is 86.6 Å². The van der Waals surface area contributed by atoms with Crippen molar-refractivity contribution in [3.8, 4) is 0 Å². The summed E-state index contributed by atoms with van der Waals surface area (Å²) in [6, 6.07) is 0.637. The molecular weight excluding hydrogens is 603 g/mol. The third-order valence-corrected chi connectivity index (χ3v) is 7.45. The number of nitrogens with zero attached hydrogens (tertiary/aromatic N) is 6. The number of nitrogens with one attached hydrogen (secondary N) is 2. The monoisotopic (exact) mass is 642 g/mol. The average Bonchev–Trinajstić information content (AvgIpc) is 3.34. The molecule has 3 aromatic heterocycles. The number of hydrogen-bond donors (Lipinski definition) is 2. The Hall–Kier alpha value is -3.82. The second kappa shape index (κ2) is 14.5. The highest BCUT2D eigenvalue weighted by molar-refractivity contribution is 5.92. The number of rotatable bonds is 7. The first-order valence-corrected chi connectivity index (χ1v) is 14.9. The van der Waals surface area contributed by atoms with Crippen LogP contribution in [0.25, 0.3) is 5.65 Å². The first-order valence-electron chi connectivity index (χ1n) is 14.9. The van der Waals surface area contributed by atoms with E-state index in [1.165, 1.54) is 23.6 Å². The van der Waals surface area contributed by atoms with Gasteiger partial charge in [-0.2, -0.15) is 23.4 Å². The summed E-state index contributed by atoms with van der Waals surface area (Å²) in [4.78, 5) is 29.8. The molecule has 3 aliphatic rings. The lowest BCUT2D eigenvalue weighted by Gasteiger charge is -2.20. The Bertz CT molecular complexity index is 1430. The van der Waals surface area contributed by atoms with Gasteiger partial charge in [-0.25, -0.2) is 23.1 Å². The van der Waals surface area contributed by atoms with Gasteiger partial charge in [-0.15, -0.1) is 0 Å². The van der Waals surface area contributed by atoms with E-state index in [1.54, 1.807) is 36.3 Å². The second-order valence-corrected chi connectivity index (χ2v) is 11.6. The van der Waals surface area contributed by atoms with Crippen LogP contribution in [0.2, 0.25) is 0 Å². The van der Waals surface area contributed by atoms with Gasteiger partial charge in [0.1, 0.15) is 11.7 Å². The van der Waals surface area contributed by atoms with E-state index in [0.29, 0.717) is 41.5 Å². The number of fused-ring (bicyclic) bond motifs is 1. The molecular formula is C29H39F5N8O3. The fourth-order valence-electron chi connectivity index (χ4n) is 4.81. The van der Waals surface area contributed by atoms with E-state index < -0.39 is 30.7 Å². The molecule has 3 amide bonds. The fourth-order valence-corrected chi connectivity index (χ4v) is 4.81. The van der Waals surface area contributed by atoms with Crippen molar-refractivity contribution in [1.82, 2.24) is 39.9 Å². The minimum absolute atomic E-state index is 0.0277. The number of aromatic nitrogens is 5. The van der Waals surface area contributed by atoms with Crippen molar-refractivity contribution in [3.05, 3.63) is 47.7 Å². The quantitative estimate of drug-likeness (QED) is 0.339. The summed E-state index contributed by atoms with van der Waals surface area (Å²) in [6.45, 7) is 3.50. The third kappa shape index (κ3) is 9.83. The number of carbonyl (C=O) groups excluding carboxylic acids is 2. The van der Waals surface area contributed by atoms with Crippen molar-refractivity contribution in [3.63, 3.8) is 0 Å². The molecule has 1 saturated heterocycles. The van der Waals surface area contributed by atoms with Crippen molar-refractivity contribution in [1.29, 1.82) is 0 Å². The van der Waals surface area contributed by atoms with Crippen LogP contribution in [-0.2, 0) is 17.8 Å². The highest BCUT2D eigenvalue weighted by Gasteiger charge is 2.46. The Balaban J connectivity index is 0.000000291. The molecule has 248 valence electrons. The molecule has 6 rings (SSSR count). The molecule has 3 aromatic rings. The van der Waals surface area contributed by atoms with Gasteiger partial charge < -0.3 is 20.3 Å². The summed E-state index contributed by atoms with van der Waals surface area (Å²) in [5, 5.41) is 13.0. The summed E-state index contributed by atoms with van der Waals surface area (Å²) >= 11 is 0. The lowest BCUT2D eigenvalue weighted by Crippen LogP contribution is -2.40. The molecule has 0 bridgehead atoms. The third-order valence-electron chi connectivity index (χ3n) is 7.45. The number of carbonyl (C=O) groups is 2. The van der Waals surface area contributed by atoms with Gasteiger partial charge in [-0.05, 0) is 57.2 Å². The van der Waals surface area contributed by atoms with E-state index in [-0.39, 0.29) is 37.9 Å². The fraction of sp³-hybridized carbons (Fsp3) is 0.621. The number of ether oxygens (including phenoxy) is 1. The predicted molar refractivity (Wildman–Crippen MR) is 154 cm³/mol. The van der Waals surface area contributed by atoms with Crippen molar-refractivity contribution < 1.29 is 36.3 Å². The number of urea groups is 1. The number of alkyl halides is 5. The SMILES string of the molecule is CC(C)n1nccc1C(=O)NCc1cn2ncc(CN3CC(C(F)(F)F)NC3=O)cc2n1.COC1CC1.FC1(F)CCCCC1. The van der Waals surface area contributed by atoms with Crippen LogP contribution in [0.4, 0.5) is 26.7 Å². The molecule has 1 aliphatic heterocycles. The molecule has 45 heavy (non-hydrogen) atoms. The maximum absolute atomic E-state index is 12.8. The molecule has 3 fully saturated rings. The minimum Gasteiger partial charge on any atom is -0.381 e. The van der Waals surface area contributed by atoms with Crippen molar-refractivity contribution in [2.75, 3.05) is 13.7 Å². The zero-order valence-corrected chi connectivity index (χ0v) is 25.5. The maximum Gasteiger partial charge on any atom is 0.410 e. The summed E-state index contributed by atoms with van der Waals surface area (Å²) in [7, 11) is 1.76. The first-order chi connectivity index (χ1) is 21.3. The summed E-state index contributed by atoms with van der Waals surface area (Å²) in [5.41, 5.74) is 1.98. The molecule has 4 heterocycles. The number of imidazole rings is 1. The van der Waals surface area contributed by atoms with E-state index in [0.717, 1.165) is 11.3 Å². The van der Waals surface area contributed by atoms with Crippen LogP contribution in [0.3, 0.4) is 0 Å². The second-order valence-electron chi connectivity index (χ2n) is 11.6. The molecule has 2 aliphatic carbocycles. The Labute approximate surface area is 257 Å². The molecule has 0 aromatic carbocycles. The van der Waals surface area contributed by atoms with Crippen molar-refractivity contribution in [2.45, 2.75) is 102 Å². The molecule has 11 nitrogen and oxygen atoms in total. The summed E-state index contributed by atoms with van der Waals surface area (Å²) in [5.74, 6) is -2.61. The van der Waals surface area contributed by atoms with Crippen molar-refractivity contribution >= 4 is 17.6 Å². The van der Waals surface area contributed by atoms with Gasteiger partial charge in [0.25, 0.3) is 5.91 Å². The summed E-state index contributed by atoms with van der Waals surface area (Å²) in [6.07, 6.45) is 6.04. The number of halogens is 5. The van der Waals surface area contributed by atoms with Crippen LogP contribution in [0.15, 0.2) is 30.7 Å². The van der Waals surface area contributed by atoms with E-state index >= 15 is 0 Å². The van der Waals surface area contributed by atoms with Gasteiger partial charge in [0.2, 0.25) is 5.92 Å². The Morgan fingerprint density at radius 1 is 1.18 bits per heavy atom. The molecule has 1 unspecified atom stereocenters. The number of hydrogen-bond acceptors (Lipinski definition) is 6. The van der Waals surface area contributed by atoms with E-state index in [9.17, 15) is 31.5 Å². The lowest BCUT2D eigenvalue weighted by molar-refractivity contribution is -0.149. The van der Waals surface area contributed by atoms with Crippen LogP contribution in [-0.4, -0.2) is 79.1 Å². The van der Waals surface area contributed by atoms with Gasteiger partial charge in [0, 0.05) is 38.7 Å².